The first-order chi connectivity index (χ1) is 10.2. The van der Waals surface area contributed by atoms with Crippen molar-refractivity contribution in [3.05, 3.63) is 12.4 Å². The summed E-state index contributed by atoms with van der Waals surface area (Å²) in [6.07, 6.45) is 3.96. The summed E-state index contributed by atoms with van der Waals surface area (Å²) in [6.45, 7) is 3.99. The summed E-state index contributed by atoms with van der Waals surface area (Å²) in [4.78, 5) is 21.9. The molecule has 1 atom stereocenters. The van der Waals surface area contributed by atoms with Crippen LogP contribution in [-0.4, -0.2) is 51.7 Å². The standard InChI is InChI=1S/C14H22N4O2S/c1-2-3-4-11(14(19)20)17-12-9-13(16-10-15-12)18-5-7-21-8-6-18/h9-11H,2-8H2,1H3,(H,19,20)(H,15,16,17)/t11-/m0/s1. The third-order valence-corrected chi connectivity index (χ3v) is 4.40. The lowest BCUT2D eigenvalue weighted by Gasteiger charge is -2.27. The van der Waals surface area contributed by atoms with Gasteiger partial charge in [-0.25, -0.2) is 14.8 Å². The molecule has 2 rings (SSSR count). The average Bonchev–Trinajstić information content (AvgIpc) is 2.52. The van der Waals surface area contributed by atoms with Crippen LogP contribution in [0.2, 0.25) is 0 Å². The molecule has 1 aromatic heterocycles. The van der Waals surface area contributed by atoms with Crippen LogP contribution >= 0.6 is 11.8 Å². The Kier molecular flexibility index (Phi) is 6.10. The van der Waals surface area contributed by atoms with E-state index in [9.17, 15) is 9.90 Å². The summed E-state index contributed by atoms with van der Waals surface area (Å²) in [5.41, 5.74) is 0. The molecule has 0 aromatic carbocycles. The molecule has 1 aliphatic heterocycles. The van der Waals surface area contributed by atoms with Gasteiger partial charge in [-0.3, -0.25) is 0 Å². The van der Waals surface area contributed by atoms with Crippen molar-refractivity contribution in [3.8, 4) is 0 Å². The number of carboxylic acids is 1. The third kappa shape index (κ3) is 4.77. The Morgan fingerprint density at radius 1 is 1.48 bits per heavy atom. The predicted molar refractivity (Wildman–Crippen MR) is 86.1 cm³/mol. The SMILES string of the molecule is CCCC[C@H](Nc1cc(N2CCSCC2)ncn1)C(=O)O. The number of nitrogens with one attached hydrogen (secondary N) is 1. The first-order valence-corrected chi connectivity index (χ1v) is 8.50. The molecule has 0 unspecified atom stereocenters. The van der Waals surface area contributed by atoms with Gasteiger partial charge in [-0.15, -0.1) is 0 Å². The van der Waals surface area contributed by atoms with Gasteiger partial charge in [0, 0.05) is 30.7 Å². The van der Waals surface area contributed by atoms with Crippen molar-refractivity contribution < 1.29 is 9.90 Å². The second-order valence-corrected chi connectivity index (χ2v) is 6.26. The van der Waals surface area contributed by atoms with Gasteiger partial charge >= 0.3 is 5.97 Å². The molecule has 7 heteroatoms. The highest BCUT2D eigenvalue weighted by molar-refractivity contribution is 7.99. The second kappa shape index (κ2) is 8.07. The van der Waals surface area contributed by atoms with Gasteiger partial charge < -0.3 is 15.3 Å². The topological polar surface area (TPSA) is 78.3 Å². The molecule has 6 nitrogen and oxygen atoms in total. The number of hydrogen-bond acceptors (Lipinski definition) is 6. The summed E-state index contributed by atoms with van der Waals surface area (Å²) >= 11 is 1.94. The molecule has 0 spiro atoms. The molecule has 2 heterocycles. The zero-order valence-electron chi connectivity index (χ0n) is 12.3. The molecule has 1 aliphatic rings. The number of aromatic nitrogens is 2. The van der Waals surface area contributed by atoms with Crippen LogP contribution in [0.4, 0.5) is 11.6 Å². The van der Waals surface area contributed by atoms with Crippen LogP contribution in [0.3, 0.4) is 0 Å². The van der Waals surface area contributed by atoms with E-state index < -0.39 is 12.0 Å². The maximum absolute atomic E-state index is 11.3. The van der Waals surface area contributed by atoms with Gasteiger partial charge in [0.1, 0.15) is 24.0 Å². The minimum atomic E-state index is -0.835. The zero-order chi connectivity index (χ0) is 15.1. The number of carboxylic acid groups (broad SMARTS) is 1. The number of nitrogens with zero attached hydrogens (tertiary/aromatic N) is 3. The van der Waals surface area contributed by atoms with E-state index in [1.54, 1.807) is 0 Å². The van der Waals surface area contributed by atoms with Gasteiger partial charge in [-0.05, 0) is 6.42 Å². The molecule has 21 heavy (non-hydrogen) atoms. The van der Waals surface area contributed by atoms with Crippen molar-refractivity contribution in [2.75, 3.05) is 34.8 Å². The van der Waals surface area contributed by atoms with E-state index in [0.29, 0.717) is 12.2 Å². The summed E-state index contributed by atoms with van der Waals surface area (Å²) < 4.78 is 0. The Hall–Kier alpha value is -1.50. The Bertz CT molecular complexity index is 466. The van der Waals surface area contributed by atoms with Crippen molar-refractivity contribution in [2.45, 2.75) is 32.2 Å². The van der Waals surface area contributed by atoms with Gasteiger partial charge in [0.25, 0.3) is 0 Å². The average molecular weight is 310 g/mol. The van der Waals surface area contributed by atoms with Crippen molar-refractivity contribution in [2.24, 2.45) is 0 Å². The van der Waals surface area contributed by atoms with Crippen LogP contribution in [0.5, 0.6) is 0 Å². The van der Waals surface area contributed by atoms with Crippen LogP contribution in [0.15, 0.2) is 12.4 Å². The molecule has 116 valence electrons. The lowest BCUT2D eigenvalue weighted by atomic mass is 10.1. The predicted octanol–water partition coefficient (Wildman–Crippen LogP) is 2.09. The number of unbranched alkanes of at least 4 members (excludes halogenated alkanes) is 1. The van der Waals surface area contributed by atoms with Crippen molar-refractivity contribution >= 4 is 29.4 Å². The largest absolute Gasteiger partial charge is 0.480 e. The minimum absolute atomic E-state index is 0.585. The fraction of sp³-hybridized carbons (Fsp3) is 0.643. The molecule has 0 saturated carbocycles. The maximum Gasteiger partial charge on any atom is 0.326 e. The highest BCUT2D eigenvalue weighted by Gasteiger charge is 2.18. The van der Waals surface area contributed by atoms with Crippen molar-refractivity contribution in [1.29, 1.82) is 0 Å². The quantitative estimate of drug-likeness (QED) is 0.798. The minimum Gasteiger partial charge on any atom is -0.480 e. The monoisotopic (exact) mass is 310 g/mol. The smallest absolute Gasteiger partial charge is 0.326 e. The molecule has 0 amide bonds. The molecule has 1 aromatic rings. The second-order valence-electron chi connectivity index (χ2n) is 5.04. The Morgan fingerprint density at radius 3 is 2.90 bits per heavy atom. The van der Waals surface area contributed by atoms with E-state index in [1.807, 2.05) is 17.8 Å². The molecular weight excluding hydrogens is 288 g/mol. The summed E-state index contributed by atoms with van der Waals surface area (Å²) in [5.74, 6) is 2.81. The van der Waals surface area contributed by atoms with Crippen LogP contribution < -0.4 is 10.2 Å². The fourth-order valence-corrected chi connectivity index (χ4v) is 3.14. The highest BCUT2D eigenvalue weighted by atomic mass is 32.2. The fourth-order valence-electron chi connectivity index (χ4n) is 2.24. The lowest BCUT2D eigenvalue weighted by molar-refractivity contribution is -0.138. The molecule has 1 saturated heterocycles. The summed E-state index contributed by atoms with van der Waals surface area (Å²) in [7, 11) is 0. The van der Waals surface area contributed by atoms with Crippen LogP contribution in [-0.2, 0) is 4.79 Å². The Balaban J connectivity index is 2.03. The third-order valence-electron chi connectivity index (χ3n) is 3.45. The van der Waals surface area contributed by atoms with E-state index in [0.717, 1.165) is 43.3 Å². The van der Waals surface area contributed by atoms with Crippen molar-refractivity contribution in [1.82, 2.24) is 9.97 Å². The molecule has 1 fully saturated rings. The van der Waals surface area contributed by atoms with Gasteiger partial charge in [-0.1, -0.05) is 19.8 Å². The molecule has 0 bridgehead atoms. The molecule has 0 radical (unpaired) electrons. The number of hydrogen-bond donors (Lipinski definition) is 2. The number of carbonyl (C=O) groups is 1. The van der Waals surface area contributed by atoms with Crippen molar-refractivity contribution in [3.63, 3.8) is 0 Å². The summed E-state index contributed by atoms with van der Waals surface area (Å²) in [6, 6.07) is 1.25. The number of anilines is 2. The van der Waals surface area contributed by atoms with E-state index in [-0.39, 0.29) is 0 Å². The first kappa shape index (κ1) is 15.9. The number of thioether (sulfide) groups is 1. The Labute approximate surface area is 129 Å². The zero-order valence-corrected chi connectivity index (χ0v) is 13.1. The van der Waals surface area contributed by atoms with Gasteiger partial charge in [0.2, 0.25) is 0 Å². The molecular formula is C14H22N4O2S. The number of rotatable bonds is 7. The first-order valence-electron chi connectivity index (χ1n) is 7.34. The van der Waals surface area contributed by atoms with E-state index in [1.165, 1.54) is 6.33 Å². The number of aliphatic carboxylic acids is 1. The molecule has 2 N–H and O–H groups in total. The van der Waals surface area contributed by atoms with Gasteiger partial charge in [0.05, 0.1) is 0 Å². The highest BCUT2D eigenvalue weighted by Crippen LogP contribution is 2.19. The van der Waals surface area contributed by atoms with E-state index >= 15 is 0 Å². The molecule has 0 aliphatic carbocycles. The van der Waals surface area contributed by atoms with E-state index in [2.05, 4.69) is 27.1 Å². The maximum atomic E-state index is 11.3. The Morgan fingerprint density at radius 2 is 2.24 bits per heavy atom. The normalized spacial score (nSPS) is 16.5. The van der Waals surface area contributed by atoms with Crippen LogP contribution in [0, 0.1) is 0 Å². The van der Waals surface area contributed by atoms with Gasteiger partial charge in [-0.2, -0.15) is 11.8 Å². The summed E-state index contributed by atoms with van der Waals surface area (Å²) in [5, 5.41) is 12.3. The lowest BCUT2D eigenvalue weighted by Crippen LogP contribution is -2.33. The van der Waals surface area contributed by atoms with E-state index in [4.69, 9.17) is 0 Å². The van der Waals surface area contributed by atoms with Crippen LogP contribution in [0.25, 0.3) is 0 Å². The van der Waals surface area contributed by atoms with Gasteiger partial charge in [0.15, 0.2) is 0 Å². The van der Waals surface area contributed by atoms with Crippen LogP contribution in [0.1, 0.15) is 26.2 Å².